The Morgan fingerprint density at radius 2 is 2.05 bits per heavy atom. The minimum atomic E-state index is -0.0801. The Balaban J connectivity index is 2.52. The van der Waals surface area contributed by atoms with Crippen molar-refractivity contribution >= 4 is 11.8 Å². The molecule has 120 valence electrons. The van der Waals surface area contributed by atoms with Crippen molar-refractivity contribution in [2.45, 2.75) is 19.8 Å². The smallest absolute Gasteiger partial charge is 0.222 e. The molecule has 5 heteroatoms. The number of rotatable bonds is 9. The van der Waals surface area contributed by atoms with Crippen LogP contribution in [0.25, 0.3) is 0 Å². The number of hydrogen-bond acceptors (Lipinski definition) is 3. The molecule has 0 aliphatic heterocycles. The van der Waals surface area contributed by atoms with Crippen molar-refractivity contribution in [3.63, 3.8) is 0 Å². The zero-order valence-electron chi connectivity index (χ0n) is 13.3. The number of para-hydroxylation sites is 1. The van der Waals surface area contributed by atoms with E-state index in [-0.39, 0.29) is 11.8 Å². The highest BCUT2D eigenvalue weighted by molar-refractivity contribution is 5.78. The molecule has 22 heavy (non-hydrogen) atoms. The molecule has 0 radical (unpaired) electrons. The van der Waals surface area contributed by atoms with E-state index in [0.717, 1.165) is 11.3 Å². The van der Waals surface area contributed by atoms with Crippen LogP contribution in [-0.2, 0) is 16.0 Å². The van der Waals surface area contributed by atoms with Crippen LogP contribution in [0.5, 0.6) is 5.75 Å². The number of amides is 2. The van der Waals surface area contributed by atoms with Gasteiger partial charge < -0.3 is 15.0 Å². The lowest BCUT2D eigenvalue weighted by atomic mass is 10.1. The normalized spacial score (nSPS) is 9.91. The average molecular weight is 304 g/mol. The van der Waals surface area contributed by atoms with E-state index >= 15 is 0 Å². The topological polar surface area (TPSA) is 58.6 Å². The number of nitrogens with one attached hydrogen (secondary N) is 1. The molecule has 0 aliphatic carbocycles. The van der Waals surface area contributed by atoms with Gasteiger partial charge in [0.25, 0.3) is 0 Å². The highest BCUT2D eigenvalue weighted by Gasteiger charge is 2.12. The third kappa shape index (κ3) is 5.99. The van der Waals surface area contributed by atoms with Crippen LogP contribution in [0.3, 0.4) is 0 Å². The average Bonchev–Trinajstić information content (AvgIpc) is 2.52. The maximum absolute atomic E-state index is 11.7. The van der Waals surface area contributed by atoms with Gasteiger partial charge in [-0.3, -0.25) is 9.59 Å². The van der Waals surface area contributed by atoms with E-state index in [2.05, 4.69) is 11.9 Å². The molecule has 0 spiro atoms. The van der Waals surface area contributed by atoms with Crippen LogP contribution in [-0.4, -0.2) is 43.5 Å². The summed E-state index contributed by atoms with van der Waals surface area (Å²) in [5.74, 6) is 0.699. The van der Waals surface area contributed by atoms with Crippen LogP contribution in [0.4, 0.5) is 0 Å². The minimum absolute atomic E-state index is 0.0357. The van der Waals surface area contributed by atoms with Gasteiger partial charge in [-0.25, -0.2) is 0 Å². The summed E-state index contributed by atoms with van der Waals surface area (Å²) in [7, 11) is 1.63. The SMILES string of the molecule is C=CCNC(=O)CCN(CCc1ccccc1OC)C(C)=O. The minimum Gasteiger partial charge on any atom is -0.496 e. The monoisotopic (exact) mass is 304 g/mol. The summed E-state index contributed by atoms with van der Waals surface area (Å²) in [6, 6.07) is 7.73. The van der Waals surface area contributed by atoms with E-state index in [4.69, 9.17) is 4.74 Å². The molecule has 1 aromatic carbocycles. The zero-order chi connectivity index (χ0) is 16.4. The first-order chi connectivity index (χ1) is 10.6. The molecular formula is C17H24N2O3. The van der Waals surface area contributed by atoms with E-state index in [1.54, 1.807) is 18.1 Å². The maximum Gasteiger partial charge on any atom is 0.222 e. The third-order valence-electron chi connectivity index (χ3n) is 3.34. The first-order valence-corrected chi connectivity index (χ1v) is 7.33. The van der Waals surface area contributed by atoms with E-state index in [1.807, 2.05) is 24.3 Å². The largest absolute Gasteiger partial charge is 0.496 e. The molecule has 0 fully saturated rings. The van der Waals surface area contributed by atoms with Gasteiger partial charge in [-0.1, -0.05) is 24.3 Å². The molecule has 0 saturated carbocycles. The molecule has 0 saturated heterocycles. The Morgan fingerprint density at radius 3 is 2.68 bits per heavy atom. The Morgan fingerprint density at radius 1 is 1.32 bits per heavy atom. The van der Waals surface area contributed by atoms with Crippen molar-refractivity contribution in [2.75, 3.05) is 26.7 Å². The van der Waals surface area contributed by atoms with Gasteiger partial charge in [-0.05, 0) is 18.1 Å². The molecular weight excluding hydrogens is 280 g/mol. The molecule has 1 N–H and O–H groups in total. The fourth-order valence-electron chi connectivity index (χ4n) is 2.10. The van der Waals surface area contributed by atoms with Crippen molar-refractivity contribution in [3.8, 4) is 5.75 Å². The van der Waals surface area contributed by atoms with Crippen molar-refractivity contribution < 1.29 is 14.3 Å². The molecule has 2 amide bonds. The second kappa shape index (κ2) is 9.60. The fraction of sp³-hybridized carbons (Fsp3) is 0.412. The third-order valence-corrected chi connectivity index (χ3v) is 3.34. The van der Waals surface area contributed by atoms with Crippen LogP contribution in [0.15, 0.2) is 36.9 Å². The van der Waals surface area contributed by atoms with E-state index < -0.39 is 0 Å². The summed E-state index contributed by atoms with van der Waals surface area (Å²) in [6.45, 7) is 6.48. The molecule has 0 atom stereocenters. The van der Waals surface area contributed by atoms with Gasteiger partial charge in [0.2, 0.25) is 11.8 Å². The van der Waals surface area contributed by atoms with Crippen LogP contribution in [0.1, 0.15) is 18.9 Å². The van der Waals surface area contributed by atoms with Gasteiger partial charge in [0, 0.05) is 33.0 Å². The highest BCUT2D eigenvalue weighted by Crippen LogP contribution is 2.18. The highest BCUT2D eigenvalue weighted by atomic mass is 16.5. The standard InChI is InChI=1S/C17H24N2O3/c1-4-11-18-17(21)10-13-19(14(2)20)12-9-15-7-5-6-8-16(15)22-3/h4-8H,1,9-13H2,2-3H3,(H,18,21). The van der Waals surface area contributed by atoms with Crippen molar-refractivity contribution in [1.29, 1.82) is 0 Å². The number of benzene rings is 1. The molecule has 1 aromatic rings. The number of methoxy groups -OCH3 is 1. The predicted molar refractivity (Wildman–Crippen MR) is 86.8 cm³/mol. The first kappa shape index (κ1) is 17.8. The Bertz CT molecular complexity index is 514. The van der Waals surface area contributed by atoms with Gasteiger partial charge in [0.1, 0.15) is 5.75 Å². The van der Waals surface area contributed by atoms with Gasteiger partial charge in [0.15, 0.2) is 0 Å². The number of ether oxygens (including phenoxy) is 1. The zero-order valence-corrected chi connectivity index (χ0v) is 13.3. The Kier molecular flexibility index (Phi) is 7.75. The summed E-state index contributed by atoms with van der Waals surface area (Å²) in [6.07, 6.45) is 2.61. The van der Waals surface area contributed by atoms with Gasteiger partial charge in [-0.2, -0.15) is 0 Å². The summed E-state index contributed by atoms with van der Waals surface area (Å²) in [5, 5.41) is 2.70. The van der Waals surface area contributed by atoms with Crippen molar-refractivity contribution in [1.82, 2.24) is 10.2 Å². The molecule has 5 nitrogen and oxygen atoms in total. The fourth-order valence-corrected chi connectivity index (χ4v) is 2.10. The number of nitrogens with zero attached hydrogens (tertiary/aromatic N) is 1. The maximum atomic E-state index is 11.7. The van der Waals surface area contributed by atoms with Crippen LogP contribution in [0, 0.1) is 0 Å². The summed E-state index contributed by atoms with van der Waals surface area (Å²) in [5.41, 5.74) is 1.05. The van der Waals surface area contributed by atoms with E-state index in [9.17, 15) is 9.59 Å². The molecule has 0 heterocycles. The lowest BCUT2D eigenvalue weighted by Gasteiger charge is -2.21. The second-order valence-electron chi connectivity index (χ2n) is 4.91. The number of carbonyl (C=O) groups is 2. The van der Waals surface area contributed by atoms with Gasteiger partial charge >= 0.3 is 0 Å². The Hall–Kier alpha value is -2.30. The molecule has 0 aromatic heterocycles. The Labute approximate surface area is 132 Å². The molecule has 0 bridgehead atoms. The quantitative estimate of drug-likeness (QED) is 0.708. The van der Waals surface area contributed by atoms with Crippen LogP contribution in [0.2, 0.25) is 0 Å². The molecule has 0 unspecified atom stereocenters. The van der Waals surface area contributed by atoms with Gasteiger partial charge in [0.05, 0.1) is 7.11 Å². The summed E-state index contributed by atoms with van der Waals surface area (Å²) in [4.78, 5) is 25.0. The molecule has 1 rings (SSSR count). The lowest BCUT2D eigenvalue weighted by molar-refractivity contribution is -0.129. The van der Waals surface area contributed by atoms with Crippen LogP contribution >= 0.6 is 0 Å². The van der Waals surface area contributed by atoms with Crippen LogP contribution < -0.4 is 10.1 Å². The first-order valence-electron chi connectivity index (χ1n) is 7.33. The summed E-state index contributed by atoms with van der Waals surface area (Å²) < 4.78 is 5.30. The lowest BCUT2D eigenvalue weighted by Crippen LogP contribution is -2.35. The van der Waals surface area contributed by atoms with E-state index in [1.165, 1.54) is 6.92 Å². The second-order valence-corrected chi connectivity index (χ2v) is 4.91. The molecule has 0 aliphatic rings. The number of hydrogen-bond donors (Lipinski definition) is 1. The van der Waals surface area contributed by atoms with Crippen molar-refractivity contribution in [2.24, 2.45) is 0 Å². The van der Waals surface area contributed by atoms with E-state index in [0.29, 0.717) is 32.5 Å². The van der Waals surface area contributed by atoms with Crippen molar-refractivity contribution in [3.05, 3.63) is 42.5 Å². The van der Waals surface area contributed by atoms with Gasteiger partial charge in [-0.15, -0.1) is 6.58 Å². The summed E-state index contributed by atoms with van der Waals surface area (Å²) >= 11 is 0. The predicted octanol–water partition coefficient (Wildman–Crippen LogP) is 1.78. The number of carbonyl (C=O) groups excluding carboxylic acids is 2.